The first-order chi connectivity index (χ1) is 12.8. The van der Waals surface area contributed by atoms with E-state index in [1.165, 1.54) is 36.0 Å². The predicted molar refractivity (Wildman–Crippen MR) is 114 cm³/mol. The monoisotopic (exact) mass is 408 g/mol. The zero-order chi connectivity index (χ0) is 18.2. The highest BCUT2D eigenvalue weighted by molar-refractivity contribution is 9.09. The zero-order valence-corrected chi connectivity index (χ0v) is 16.9. The van der Waals surface area contributed by atoms with Gasteiger partial charge >= 0.3 is 0 Å². The van der Waals surface area contributed by atoms with Gasteiger partial charge in [-0.3, -0.25) is 0 Å². The molecule has 0 atom stereocenters. The van der Waals surface area contributed by atoms with E-state index in [2.05, 4.69) is 81.4 Å². The Kier molecular flexibility index (Phi) is 6.96. The molecule has 0 aliphatic heterocycles. The van der Waals surface area contributed by atoms with Gasteiger partial charge in [-0.05, 0) is 36.0 Å². The van der Waals surface area contributed by atoms with Gasteiger partial charge in [0.1, 0.15) is 0 Å². The van der Waals surface area contributed by atoms with Crippen molar-refractivity contribution in [3.8, 4) is 22.5 Å². The summed E-state index contributed by atoms with van der Waals surface area (Å²) in [5, 5.41) is 0.981. The normalized spacial score (nSPS) is 10.8. The van der Waals surface area contributed by atoms with Crippen LogP contribution in [0.1, 0.15) is 37.3 Å². The molecule has 3 aromatic rings. The van der Waals surface area contributed by atoms with E-state index in [-0.39, 0.29) is 0 Å². The Morgan fingerprint density at radius 2 is 1.27 bits per heavy atom. The summed E-state index contributed by atoms with van der Waals surface area (Å²) < 4.78 is 0. The molecule has 3 heteroatoms. The fraction of sp³-hybridized carbons (Fsp3) is 0.304. The van der Waals surface area contributed by atoms with Gasteiger partial charge in [0.25, 0.3) is 0 Å². The topological polar surface area (TPSA) is 25.8 Å². The number of halogens is 1. The maximum Gasteiger partial charge on any atom is 0.159 e. The van der Waals surface area contributed by atoms with E-state index in [0.29, 0.717) is 0 Å². The van der Waals surface area contributed by atoms with E-state index in [1.54, 1.807) is 0 Å². The first kappa shape index (κ1) is 18.8. The molecule has 2 aromatic carbocycles. The summed E-state index contributed by atoms with van der Waals surface area (Å²) in [5.41, 5.74) is 6.01. The van der Waals surface area contributed by atoms with E-state index < -0.39 is 0 Å². The van der Waals surface area contributed by atoms with Crippen LogP contribution in [0.25, 0.3) is 22.5 Å². The van der Waals surface area contributed by atoms with Gasteiger partial charge in [-0.1, -0.05) is 84.2 Å². The molecule has 26 heavy (non-hydrogen) atoms. The Balaban J connectivity index is 1.68. The molecule has 134 valence electrons. The van der Waals surface area contributed by atoms with Crippen LogP contribution in [0.3, 0.4) is 0 Å². The van der Waals surface area contributed by atoms with Gasteiger partial charge in [0.2, 0.25) is 0 Å². The number of aryl methyl sites for hydroxylation is 2. The second-order valence-corrected chi connectivity index (χ2v) is 7.38. The van der Waals surface area contributed by atoms with Crippen molar-refractivity contribution < 1.29 is 0 Å². The van der Waals surface area contributed by atoms with Crippen LogP contribution >= 0.6 is 15.9 Å². The minimum atomic E-state index is 0.773. The summed E-state index contributed by atoms with van der Waals surface area (Å²) >= 11 is 3.47. The van der Waals surface area contributed by atoms with Crippen molar-refractivity contribution in [2.45, 2.75) is 39.0 Å². The molecule has 0 spiro atoms. The molecule has 0 radical (unpaired) electrons. The minimum absolute atomic E-state index is 0.773. The fourth-order valence-corrected chi connectivity index (χ4v) is 3.46. The highest BCUT2D eigenvalue weighted by Crippen LogP contribution is 2.22. The zero-order valence-electron chi connectivity index (χ0n) is 15.3. The van der Waals surface area contributed by atoms with Crippen LogP contribution in [0.4, 0.5) is 0 Å². The molecule has 0 amide bonds. The van der Waals surface area contributed by atoms with E-state index in [4.69, 9.17) is 0 Å². The summed E-state index contributed by atoms with van der Waals surface area (Å²) in [5.74, 6) is 0.773. The fourth-order valence-electron chi connectivity index (χ4n) is 3.00. The SMILES string of the molecule is CCCCCc1ccc(-c2cnc(-c3ccc(CCBr)cc3)nc2)cc1. The Labute approximate surface area is 164 Å². The number of hydrogen-bond donors (Lipinski definition) is 0. The van der Waals surface area contributed by atoms with Crippen molar-refractivity contribution in [3.05, 3.63) is 72.1 Å². The average Bonchev–Trinajstić information content (AvgIpc) is 2.70. The summed E-state index contributed by atoms with van der Waals surface area (Å²) in [6.45, 7) is 2.24. The summed E-state index contributed by atoms with van der Waals surface area (Å²) in [6, 6.07) is 17.3. The van der Waals surface area contributed by atoms with Gasteiger partial charge in [-0.25, -0.2) is 9.97 Å². The summed E-state index contributed by atoms with van der Waals surface area (Å²) in [7, 11) is 0. The molecule has 3 rings (SSSR count). The molecule has 0 N–H and O–H groups in total. The number of benzene rings is 2. The van der Waals surface area contributed by atoms with Gasteiger partial charge in [-0.2, -0.15) is 0 Å². The smallest absolute Gasteiger partial charge is 0.159 e. The molecule has 0 aliphatic carbocycles. The van der Waals surface area contributed by atoms with E-state index in [0.717, 1.165) is 35.1 Å². The third-order valence-electron chi connectivity index (χ3n) is 4.60. The largest absolute Gasteiger partial charge is 0.236 e. The molecule has 0 saturated heterocycles. The first-order valence-corrected chi connectivity index (χ1v) is 10.5. The predicted octanol–water partition coefficient (Wildman–Crippen LogP) is 6.48. The number of alkyl halides is 1. The Bertz CT molecular complexity index is 793. The lowest BCUT2D eigenvalue weighted by Crippen LogP contribution is -1.91. The molecule has 1 heterocycles. The minimum Gasteiger partial charge on any atom is -0.236 e. The molecular weight excluding hydrogens is 384 g/mol. The van der Waals surface area contributed by atoms with Gasteiger partial charge < -0.3 is 0 Å². The van der Waals surface area contributed by atoms with E-state index in [1.807, 2.05) is 12.4 Å². The maximum atomic E-state index is 4.56. The Morgan fingerprint density at radius 3 is 1.85 bits per heavy atom. The molecule has 1 aromatic heterocycles. The van der Waals surface area contributed by atoms with Crippen LogP contribution in [-0.2, 0) is 12.8 Å². The molecule has 2 nitrogen and oxygen atoms in total. The lowest BCUT2D eigenvalue weighted by molar-refractivity contribution is 0.717. The summed E-state index contributed by atoms with van der Waals surface area (Å²) in [4.78, 5) is 9.13. The molecule has 0 bridgehead atoms. The van der Waals surface area contributed by atoms with Crippen molar-refractivity contribution in [2.75, 3.05) is 5.33 Å². The molecular formula is C23H25BrN2. The van der Waals surface area contributed by atoms with Crippen LogP contribution in [0.2, 0.25) is 0 Å². The average molecular weight is 409 g/mol. The van der Waals surface area contributed by atoms with Crippen molar-refractivity contribution in [1.29, 1.82) is 0 Å². The van der Waals surface area contributed by atoms with Crippen LogP contribution in [0.5, 0.6) is 0 Å². The van der Waals surface area contributed by atoms with Crippen LogP contribution in [0, 0.1) is 0 Å². The van der Waals surface area contributed by atoms with Crippen molar-refractivity contribution >= 4 is 15.9 Å². The third kappa shape index (κ3) is 5.01. The second-order valence-electron chi connectivity index (χ2n) is 6.59. The van der Waals surface area contributed by atoms with Gasteiger partial charge in [-0.15, -0.1) is 0 Å². The third-order valence-corrected chi connectivity index (χ3v) is 5.00. The lowest BCUT2D eigenvalue weighted by Gasteiger charge is -2.06. The second kappa shape index (κ2) is 9.63. The molecule has 0 saturated carbocycles. The molecule has 0 fully saturated rings. The highest BCUT2D eigenvalue weighted by Gasteiger charge is 2.04. The van der Waals surface area contributed by atoms with E-state index in [9.17, 15) is 0 Å². The van der Waals surface area contributed by atoms with Gasteiger partial charge in [0, 0.05) is 28.9 Å². The molecule has 0 aliphatic rings. The highest BCUT2D eigenvalue weighted by atomic mass is 79.9. The standard InChI is InChI=1S/C23H25BrN2/c1-2-3-4-5-18-6-10-20(11-7-18)22-16-25-23(26-17-22)21-12-8-19(9-13-21)14-15-24/h6-13,16-17H,2-5,14-15H2,1H3. The number of nitrogens with zero attached hydrogens (tertiary/aromatic N) is 2. The lowest BCUT2D eigenvalue weighted by atomic mass is 10.0. The van der Waals surface area contributed by atoms with Gasteiger partial charge in [0.15, 0.2) is 5.82 Å². The van der Waals surface area contributed by atoms with Crippen molar-refractivity contribution in [1.82, 2.24) is 9.97 Å². The van der Waals surface area contributed by atoms with Crippen LogP contribution in [0.15, 0.2) is 60.9 Å². The van der Waals surface area contributed by atoms with Crippen molar-refractivity contribution in [2.24, 2.45) is 0 Å². The Hall–Kier alpha value is -2.00. The number of aromatic nitrogens is 2. The quantitative estimate of drug-likeness (QED) is 0.314. The van der Waals surface area contributed by atoms with E-state index >= 15 is 0 Å². The first-order valence-electron chi connectivity index (χ1n) is 9.37. The number of rotatable bonds is 8. The van der Waals surface area contributed by atoms with Crippen LogP contribution < -0.4 is 0 Å². The number of unbranched alkanes of at least 4 members (excludes halogenated alkanes) is 2. The Morgan fingerprint density at radius 1 is 0.692 bits per heavy atom. The van der Waals surface area contributed by atoms with Crippen molar-refractivity contribution in [3.63, 3.8) is 0 Å². The van der Waals surface area contributed by atoms with Crippen LogP contribution in [-0.4, -0.2) is 15.3 Å². The maximum absolute atomic E-state index is 4.56. The summed E-state index contributed by atoms with van der Waals surface area (Å²) in [6.07, 6.45) is 9.86. The van der Waals surface area contributed by atoms with Gasteiger partial charge in [0.05, 0.1) is 0 Å². The number of hydrogen-bond acceptors (Lipinski definition) is 2. The molecule has 0 unspecified atom stereocenters.